The van der Waals surface area contributed by atoms with Gasteiger partial charge in [0.1, 0.15) is 11.3 Å². The summed E-state index contributed by atoms with van der Waals surface area (Å²) in [5.74, 6) is 0.912. The molecule has 0 bridgehead atoms. The van der Waals surface area contributed by atoms with Gasteiger partial charge in [0.15, 0.2) is 0 Å². The highest BCUT2D eigenvalue weighted by Gasteiger charge is 2.21. The minimum Gasteiger partial charge on any atom is -0.455 e. The number of fused-ring (bicyclic) bond motifs is 3. The maximum atomic E-state index is 6.38. The number of thiophene rings is 1. The van der Waals surface area contributed by atoms with Crippen LogP contribution in [0, 0.1) is 6.92 Å². The monoisotopic (exact) mass is 447 g/mol. The molecule has 3 aromatic heterocycles. The van der Waals surface area contributed by atoms with E-state index in [1.807, 2.05) is 12.3 Å². The van der Waals surface area contributed by atoms with Gasteiger partial charge in [0.25, 0.3) is 0 Å². The molecule has 0 atom stereocenters. The summed E-state index contributed by atoms with van der Waals surface area (Å²) >= 11 is 1.79. The van der Waals surface area contributed by atoms with Crippen LogP contribution >= 0.6 is 11.3 Å². The Hall–Kier alpha value is -3.43. The zero-order valence-electron chi connectivity index (χ0n) is 19.3. The Bertz CT molecular complexity index is 1660. The fourth-order valence-corrected chi connectivity index (χ4v) is 5.94. The van der Waals surface area contributed by atoms with E-state index in [-0.39, 0.29) is 5.41 Å². The van der Waals surface area contributed by atoms with E-state index in [4.69, 9.17) is 9.40 Å². The topological polar surface area (TPSA) is 26.0 Å². The fraction of sp³-hybridized carbons (Fsp3) is 0.167. The lowest BCUT2D eigenvalue weighted by molar-refractivity contribution is 0.596. The first-order chi connectivity index (χ1) is 15.9. The van der Waals surface area contributed by atoms with E-state index in [0.29, 0.717) is 0 Å². The molecule has 0 fully saturated rings. The van der Waals surface area contributed by atoms with E-state index in [2.05, 4.69) is 94.4 Å². The van der Waals surface area contributed by atoms with Crippen molar-refractivity contribution < 1.29 is 4.42 Å². The molecule has 0 spiro atoms. The molecule has 2 nitrogen and oxygen atoms in total. The lowest BCUT2D eigenvalue weighted by Crippen LogP contribution is -2.12. The van der Waals surface area contributed by atoms with E-state index < -0.39 is 0 Å². The Morgan fingerprint density at radius 2 is 1.58 bits per heavy atom. The quantitative estimate of drug-likeness (QED) is 0.264. The molecule has 33 heavy (non-hydrogen) atoms. The van der Waals surface area contributed by atoms with Crippen molar-refractivity contribution in [3.05, 3.63) is 90.1 Å². The van der Waals surface area contributed by atoms with Crippen LogP contribution in [0.15, 0.2) is 83.4 Å². The van der Waals surface area contributed by atoms with Crippen LogP contribution in [0.3, 0.4) is 0 Å². The number of furan rings is 1. The summed E-state index contributed by atoms with van der Waals surface area (Å²) in [7, 11) is 0. The largest absolute Gasteiger partial charge is 0.455 e. The first-order valence-electron chi connectivity index (χ1n) is 11.3. The van der Waals surface area contributed by atoms with Gasteiger partial charge in [-0.25, -0.2) is 0 Å². The van der Waals surface area contributed by atoms with E-state index in [0.717, 1.165) is 28.0 Å². The third-order valence-corrected chi connectivity index (χ3v) is 7.74. The third kappa shape index (κ3) is 3.27. The number of benzene rings is 3. The summed E-state index contributed by atoms with van der Waals surface area (Å²) < 4.78 is 7.67. The van der Waals surface area contributed by atoms with Crippen LogP contribution < -0.4 is 0 Å². The van der Waals surface area contributed by atoms with E-state index in [9.17, 15) is 0 Å². The van der Waals surface area contributed by atoms with Gasteiger partial charge in [-0.3, -0.25) is 4.98 Å². The molecule has 3 heterocycles. The minimum absolute atomic E-state index is 0.0270. The molecule has 0 radical (unpaired) electrons. The number of rotatable bonds is 2. The summed E-state index contributed by atoms with van der Waals surface area (Å²) in [6.07, 6.45) is 1.86. The summed E-state index contributed by atoms with van der Waals surface area (Å²) in [5.41, 5.74) is 5.60. The maximum absolute atomic E-state index is 6.38. The van der Waals surface area contributed by atoms with Gasteiger partial charge in [-0.15, -0.1) is 11.3 Å². The molecule has 6 aromatic rings. The van der Waals surface area contributed by atoms with Crippen molar-refractivity contribution in [3.8, 4) is 21.9 Å². The van der Waals surface area contributed by atoms with Gasteiger partial charge in [0.2, 0.25) is 0 Å². The molecule has 0 unspecified atom stereocenters. The van der Waals surface area contributed by atoms with Gasteiger partial charge in [0, 0.05) is 21.8 Å². The Labute approximate surface area is 197 Å². The summed E-state index contributed by atoms with van der Waals surface area (Å²) in [6, 6.07) is 25.9. The minimum atomic E-state index is 0.0270. The van der Waals surface area contributed by atoms with Crippen molar-refractivity contribution in [2.24, 2.45) is 0 Å². The predicted molar refractivity (Wildman–Crippen MR) is 141 cm³/mol. The number of hydrogen-bond donors (Lipinski definition) is 0. The molecular weight excluding hydrogens is 422 g/mol. The van der Waals surface area contributed by atoms with Crippen molar-refractivity contribution in [1.29, 1.82) is 0 Å². The lowest BCUT2D eigenvalue weighted by atomic mass is 9.82. The van der Waals surface area contributed by atoms with Crippen LogP contribution in [-0.4, -0.2) is 4.98 Å². The molecule has 0 N–H and O–H groups in total. The number of aryl methyl sites for hydroxylation is 1. The lowest BCUT2D eigenvalue weighted by Gasteiger charge is -2.22. The summed E-state index contributed by atoms with van der Waals surface area (Å²) in [6.45, 7) is 8.99. The molecule has 0 saturated carbocycles. The van der Waals surface area contributed by atoms with Crippen molar-refractivity contribution in [3.63, 3.8) is 0 Å². The van der Waals surface area contributed by atoms with Gasteiger partial charge >= 0.3 is 0 Å². The van der Waals surface area contributed by atoms with Crippen LogP contribution in [0.4, 0.5) is 0 Å². The second kappa shape index (κ2) is 7.29. The van der Waals surface area contributed by atoms with Gasteiger partial charge in [-0.2, -0.15) is 0 Å². The van der Waals surface area contributed by atoms with Crippen LogP contribution in [0.2, 0.25) is 0 Å². The van der Waals surface area contributed by atoms with Crippen LogP contribution in [0.5, 0.6) is 0 Å². The zero-order chi connectivity index (χ0) is 22.7. The molecule has 0 amide bonds. The molecule has 0 aliphatic carbocycles. The molecule has 0 saturated heterocycles. The fourth-order valence-electron chi connectivity index (χ4n) is 4.78. The van der Waals surface area contributed by atoms with Crippen molar-refractivity contribution >= 4 is 43.2 Å². The van der Waals surface area contributed by atoms with Crippen molar-refractivity contribution in [2.45, 2.75) is 33.1 Å². The molecule has 3 heteroatoms. The average Bonchev–Trinajstić information content (AvgIpc) is 3.39. The normalized spacial score (nSPS) is 12.2. The molecule has 0 aliphatic heterocycles. The smallest absolute Gasteiger partial charge is 0.145 e. The average molecular weight is 448 g/mol. The zero-order valence-corrected chi connectivity index (χ0v) is 20.1. The third-order valence-electron chi connectivity index (χ3n) is 6.46. The highest BCUT2D eigenvalue weighted by atomic mass is 32.1. The number of nitrogens with zero attached hydrogens (tertiary/aromatic N) is 1. The first-order valence-corrected chi connectivity index (χ1v) is 12.1. The maximum Gasteiger partial charge on any atom is 0.145 e. The number of pyridine rings is 1. The second-order valence-electron chi connectivity index (χ2n) is 9.73. The Morgan fingerprint density at radius 3 is 2.36 bits per heavy atom. The molecule has 3 aromatic carbocycles. The number of hydrogen-bond acceptors (Lipinski definition) is 3. The van der Waals surface area contributed by atoms with Crippen LogP contribution in [-0.2, 0) is 5.41 Å². The van der Waals surface area contributed by atoms with Crippen molar-refractivity contribution in [1.82, 2.24) is 4.98 Å². The van der Waals surface area contributed by atoms with Gasteiger partial charge in [0.05, 0.1) is 10.6 Å². The standard InChI is InChI=1S/C30H25NOS/c1-18-21-10-7-8-12-27(21)33-29(18)26-17-23-25(32-26)13-14-31-28(23)20-15-19-9-5-6-11-22(19)24(16-20)30(2,3)4/h5-17H,1-4H3. The molecular formula is C30H25NOS. The van der Waals surface area contributed by atoms with Gasteiger partial charge < -0.3 is 4.42 Å². The van der Waals surface area contributed by atoms with Gasteiger partial charge in [-0.1, -0.05) is 63.2 Å². The summed E-state index contributed by atoms with van der Waals surface area (Å²) in [5, 5.41) is 4.89. The van der Waals surface area contributed by atoms with Crippen LogP contribution in [0.25, 0.3) is 53.7 Å². The molecule has 6 rings (SSSR count). The highest BCUT2D eigenvalue weighted by molar-refractivity contribution is 7.22. The highest BCUT2D eigenvalue weighted by Crippen LogP contribution is 2.42. The molecule has 0 aliphatic rings. The Morgan fingerprint density at radius 1 is 0.818 bits per heavy atom. The first kappa shape index (κ1) is 20.2. The van der Waals surface area contributed by atoms with E-state index in [1.54, 1.807) is 11.3 Å². The van der Waals surface area contributed by atoms with Gasteiger partial charge in [-0.05, 0) is 70.0 Å². The Kier molecular flexibility index (Phi) is 4.46. The SMILES string of the molecule is Cc1c(-c2cc3c(-c4cc(C(C)(C)C)c5ccccc5c4)nccc3o2)sc2ccccc12. The van der Waals surface area contributed by atoms with E-state index in [1.165, 1.54) is 36.9 Å². The number of aromatic nitrogens is 1. The van der Waals surface area contributed by atoms with Crippen LogP contribution in [0.1, 0.15) is 31.9 Å². The summed E-state index contributed by atoms with van der Waals surface area (Å²) in [4.78, 5) is 6.01. The molecule has 162 valence electrons. The van der Waals surface area contributed by atoms with Crippen molar-refractivity contribution in [2.75, 3.05) is 0 Å². The predicted octanol–water partition coefficient (Wildman–Crippen LogP) is 9.14. The van der Waals surface area contributed by atoms with E-state index >= 15 is 0 Å². The Balaban J connectivity index is 1.58. The second-order valence-corrected chi connectivity index (χ2v) is 10.8.